The Hall–Kier alpha value is -2.01. The van der Waals surface area contributed by atoms with Gasteiger partial charge in [-0.3, -0.25) is 0 Å². The average Bonchev–Trinajstić information content (AvgIpc) is 2.78. The molecule has 0 unspecified atom stereocenters. The number of allylic oxidation sites excluding steroid dienone is 5. The van der Waals surface area contributed by atoms with Crippen molar-refractivity contribution in [2.45, 2.75) is 26.0 Å². The number of ether oxygens (including phenoxy) is 1. The monoisotopic (exact) mass is 323 g/mol. The summed E-state index contributed by atoms with van der Waals surface area (Å²) >= 11 is 0. The summed E-state index contributed by atoms with van der Waals surface area (Å²) in [6.07, 6.45) is 8.43. The van der Waals surface area contributed by atoms with Crippen molar-refractivity contribution in [1.82, 2.24) is 4.90 Å². The van der Waals surface area contributed by atoms with E-state index in [1.165, 1.54) is 6.07 Å². The van der Waals surface area contributed by atoms with Crippen molar-refractivity contribution < 1.29 is 17.9 Å². The molecule has 0 amide bonds. The number of hydrogen-bond donors (Lipinski definition) is 0. The lowest BCUT2D eigenvalue weighted by Gasteiger charge is -2.20. The van der Waals surface area contributed by atoms with Gasteiger partial charge in [-0.05, 0) is 30.2 Å². The summed E-state index contributed by atoms with van der Waals surface area (Å²) in [4.78, 5) is 1.96. The Morgan fingerprint density at radius 3 is 2.83 bits per heavy atom. The van der Waals surface area contributed by atoms with Gasteiger partial charge in [0.1, 0.15) is 12.4 Å². The van der Waals surface area contributed by atoms with Crippen LogP contribution in [0, 0.1) is 5.82 Å². The number of alkyl halides is 2. The summed E-state index contributed by atoms with van der Waals surface area (Å²) in [5.41, 5.74) is 2.10. The first-order valence-electron chi connectivity index (χ1n) is 7.44. The molecule has 0 radical (unpaired) electrons. The molecule has 1 aliphatic rings. The molecular formula is C18H20F3NO. The molecule has 0 heterocycles. The first kappa shape index (κ1) is 17.3. The maximum absolute atomic E-state index is 14.2. The fraction of sp³-hybridized carbons (Fsp3) is 0.333. The predicted octanol–water partition coefficient (Wildman–Crippen LogP) is 4.44. The molecule has 0 spiro atoms. The van der Waals surface area contributed by atoms with E-state index in [1.54, 1.807) is 12.1 Å². The Morgan fingerprint density at radius 1 is 1.26 bits per heavy atom. The zero-order chi connectivity index (χ0) is 16.7. The minimum absolute atomic E-state index is 0.0178. The van der Waals surface area contributed by atoms with Crippen LogP contribution in [0.25, 0.3) is 0 Å². The molecule has 0 atom stereocenters. The number of nitrogens with zero attached hydrogens (tertiary/aromatic N) is 1. The third kappa shape index (κ3) is 5.60. The van der Waals surface area contributed by atoms with Crippen molar-refractivity contribution in [2.24, 2.45) is 0 Å². The second kappa shape index (κ2) is 8.58. The highest BCUT2D eigenvalue weighted by molar-refractivity contribution is 5.29. The van der Waals surface area contributed by atoms with E-state index in [0.29, 0.717) is 17.7 Å². The topological polar surface area (TPSA) is 12.5 Å². The molecule has 1 aromatic carbocycles. The fourth-order valence-corrected chi connectivity index (χ4v) is 2.24. The van der Waals surface area contributed by atoms with Crippen molar-refractivity contribution in [1.29, 1.82) is 0 Å². The number of benzene rings is 1. The fourth-order valence-electron chi connectivity index (χ4n) is 2.24. The van der Waals surface area contributed by atoms with Crippen LogP contribution >= 0.6 is 0 Å². The van der Waals surface area contributed by atoms with Crippen LogP contribution in [0.3, 0.4) is 0 Å². The van der Waals surface area contributed by atoms with Gasteiger partial charge in [0.05, 0.1) is 6.61 Å². The molecule has 0 saturated heterocycles. The standard InChI is InChI=1S/C18H20F3NO/c1-22(16-6-4-2-3-5-7-16)11-15-9-8-14(10-17(15)19)12-23-13-18(20)21/h2,4-10,18H,3,11-13H2,1H3. The molecule has 0 fully saturated rings. The van der Waals surface area contributed by atoms with Crippen LogP contribution in [0.5, 0.6) is 0 Å². The lowest BCUT2D eigenvalue weighted by atomic mass is 10.1. The maximum atomic E-state index is 14.2. The Labute approximate surface area is 134 Å². The van der Waals surface area contributed by atoms with Gasteiger partial charge in [-0.2, -0.15) is 0 Å². The summed E-state index contributed by atoms with van der Waals surface area (Å²) in [5.74, 6) is -0.358. The molecule has 0 bridgehead atoms. The molecule has 1 aliphatic carbocycles. The maximum Gasteiger partial charge on any atom is 0.261 e. The molecule has 0 N–H and O–H groups in total. The third-order valence-corrected chi connectivity index (χ3v) is 3.44. The van der Waals surface area contributed by atoms with Gasteiger partial charge >= 0.3 is 0 Å². The summed E-state index contributed by atoms with van der Waals surface area (Å²) in [7, 11) is 1.90. The lowest BCUT2D eigenvalue weighted by molar-refractivity contribution is 0.00981. The number of hydrogen-bond acceptors (Lipinski definition) is 2. The van der Waals surface area contributed by atoms with Gasteiger partial charge in [0.25, 0.3) is 6.43 Å². The molecule has 124 valence electrons. The SMILES string of the molecule is CN(Cc1ccc(COCC(F)F)cc1F)C1=CC=CCC=C1. The summed E-state index contributed by atoms with van der Waals surface area (Å²) < 4.78 is 43.0. The van der Waals surface area contributed by atoms with Crippen LogP contribution in [0.2, 0.25) is 0 Å². The molecule has 2 rings (SSSR count). The number of likely N-dealkylation sites (N-methyl/N-ethyl adjacent to an activating group) is 1. The van der Waals surface area contributed by atoms with Gasteiger partial charge in [0.15, 0.2) is 0 Å². The Morgan fingerprint density at radius 2 is 2.09 bits per heavy atom. The van der Waals surface area contributed by atoms with Gasteiger partial charge in [-0.25, -0.2) is 13.2 Å². The highest BCUT2D eigenvalue weighted by Crippen LogP contribution is 2.17. The van der Waals surface area contributed by atoms with Crippen LogP contribution in [-0.4, -0.2) is 25.0 Å². The van der Waals surface area contributed by atoms with Crippen LogP contribution < -0.4 is 0 Å². The molecule has 5 heteroatoms. The first-order chi connectivity index (χ1) is 11.1. The van der Waals surface area contributed by atoms with Gasteiger partial charge in [-0.1, -0.05) is 30.4 Å². The normalized spacial score (nSPS) is 14.0. The highest BCUT2D eigenvalue weighted by Gasteiger charge is 2.09. The first-order valence-corrected chi connectivity index (χ1v) is 7.44. The Kier molecular flexibility index (Phi) is 6.47. The van der Waals surface area contributed by atoms with E-state index in [4.69, 9.17) is 4.74 Å². The van der Waals surface area contributed by atoms with Crippen molar-refractivity contribution in [2.75, 3.05) is 13.7 Å². The lowest BCUT2D eigenvalue weighted by Crippen LogP contribution is -2.17. The number of rotatable bonds is 7. The Bertz CT molecular complexity index is 608. The Balaban J connectivity index is 1.97. The average molecular weight is 323 g/mol. The van der Waals surface area contributed by atoms with Gasteiger partial charge in [0, 0.05) is 24.9 Å². The van der Waals surface area contributed by atoms with Gasteiger partial charge in [-0.15, -0.1) is 0 Å². The quantitative estimate of drug-likeness (QED) is 0.735. The van der Waals surface area contributed by atoms with E-state index in [1.807, 2.05) is 42.3 Å². The van der Waals surface area contributed by atoms with Crippen LogP contribution in [0.15, 0.2) is 54.3 Å². The summed E-state index contributed by atoms with van der Waals surface area (Å²) in [6.45, 7) is -0.232. The predicted molar refractivity (Wildman–Crippen MR) is 84.5 cm³/mol. The van der Waals surface area contributed by atoms with E-state index < -0.39 is 13.0 Å². The van der Waals surface area contributed by atoms with Crippen LogP contribution in [-0.2, 0) is 17.9 Å². The van der Waals surface area contributed by atoms with E-state index in [2.05, 4.69) is 0 Å². The second-order valence-corrected chi connectivity index (χ2v) is 5.35. The van der Waals surface area contributed by atoms with Crippen LogP contribution in [0.4, 0.5) is 13.2 Å². The molecular weight excluding hydrogens is 303 g/mol. The summed E-state index contributed by atoms with van der Waals surface area (Å²) in [5, 5.41) is 0. The van der Waals surface area contributed by atoms with Crippen LogP contribution in [0.1, 0.15) is 17.5 Å². The largest absolute Gasteiger partial charge is 0.371 e. The zero-order valence-electron chi connectivity index (χ0n) is 13.0. The van der Waals surface area contributed by atoms with E-state index in [0.717, 1.165) is 12.1 Å². The molecule has 2 nitrogen and oxygen atoms in total. The van der Waals surface area contributed by atoms with E-state index >= 15 is 0 Å². The van der Waals surface area contributed by atoms with Crippen molar-refractivity contribution in [3.05, 3.63) is 71.2 Å². The molecule has 0 aliphatic heterocycles. The van der Waals surface area contributed by atoms with Crippen molar-refractivity contribution >= 4 is 0 Å². The third-order valence-electron chi connectivity index (χ3n) is 3.44. The summed E-state index contributed by atoms with van der Waals surface area (Å²) in [6, 6.07) is 4.71. The van der Waals surface area contributed by atoms with Crippen molar-refractivity contribution in [3.8, 4) is 0 Å². The second-order valence-electron chi connectivity index (χ2n) is 5.35. The smallest absolute Gasteiger partial charge is 0.261 e. The minimum atomic E-state index is -2.51. The zero-order valence-corrected chi connectivity index (χ0v) is 13.0. The molecule has 0 saturated carbocycles. The molecule has 0 aromatic heterocycles. The van der Waals surface area contributed by atoms with Gasteiger partial charge in [0.2, 0.25) is 0 Å². The highest BCUT2D eigenvalue weighted by atomic mass is 19.3. The van der Waals surface area contributed by atoms with Crippen molar-refractivity contribution in [3.63, 3.8) is 0 Å². The van der Waals surface area contributed by atoms with Gasteiger partial charge < -0.3 is 9.64 Å². The van der Waals surface area contributed by atoms with E-state index in [-0.39, 0.29) is 12.4 Å². The minimum Gasteiger partial charge on any atom is -0.371 e. The molecule has 1 aromatic rings. The van der Waals surface area contributed by atoms with E-state index in [9.17, 15) is 13.2 Å². The molecule has 23 heavy (non-hydrogen) atoms. The number of halogens is 3.